The van der Waals surface area contributed by atoms with Gasteiger partial charge in [0, 0.05) is 10.5 Å². The first-order chi connectivity index (χ1) is 8.66. The lowest BCUT2D eigenvalue weighted by atomic mass is 10.4. The number of hydrogen-bond donors (Lipinski definition) is 1. The summed E-state index contributed by atoms with van der Waals surface area (Å²) in [6, 6.07) is 4.20. The van der Waals surface area contributed by atoms with Gasteiger partial charge in [0.25, 0.3) is 0 Å². The number of nitrogens with two attached hydrogens (primary N) is 1. The van der Waals surface area contributed by atoms with Gasteiger partial charge in [0.15, 0.2) is 0 Å². The van der Waals surface area contributed by atoms with Crippen molar-refractivity contribution in [3.05, 3.63) is 27.7 Å². The minimum atomic E-state index is -3.66. The standard InChI is InChI=1S/C11H14BrClN2O2S2/c1-7(2)15(6-11(14)18)19(16,17)8-3-4-10(13)9(12)5-8/h3-5,7H,6H2,1-2H3,(H2,14,18). The van der Waals surface area contributed by atoms with Gasteiger partial charge in [-0.05, 0) is 48.0 Å². The largest absolute Gasteiger partial charge is 0.392 e. The zero-order valence-corrected chi connectivity index (χ0v) is 14.4. The Morgan fingerprint density at radius 1 is 1.53 bits per heavy atom. The second-order valence-electron chi connectivity index (χ2n) is 4.19. The molecule has 0 heterocycles. The second-order valence-corrected chi connectivity index (χ2v) is 7.86. The molecule has 0 amide bonds. The number of thiocarbonyl (C=S) groups is 1. The van der Waals surface area contributed by atoms with E-state index < -0.39 is 10.0 Å². The van der Waals surface area contributed by atoms with Crippen molar-refractivity contribution >= 4 is 54.8 Å². The first-order valence-corrected chi connectivity index (χ1v) is 8.43. The Labute approximate surface area is 132 Å². The molecule has 1 aromatic rings. The Hall–Kier alpha value is -0.210. The number of rotatable bonds is 5. The highest BCUT2D eigenvalue weighted by molar-refractivity contribution is 9.10. The molecule has 8 heteroatoms. The predicted octanol–water partition coefficient (Wildman–Crippen LogP) is 2.79. The van der Waals surface area contributed by atoms with E-state index in [4.69, 9.17) is 29.6 Å². The van der Waals surface area contributed by atoms with Gasteiger partial charge in [0.1, 0.15) is 0 Å². The van der Waals surface area contributed by atoms with Crippen molar-refractivity contribution in [1.29, 1.82) is 0 Å². The average Bonchev–Trinajstić information content (AvgIpc) is 2.28. The minimum absolute atomic E-state index is 0.00950. The summed E-state index contributed by atoms with van der Waals surface area (Å²) in [7, 11) is -3.66. The van der Waals surface area contributed by atoms with E-state index in [1.165, 1.54) is 22.5 Å². The predicted molar refractivity (Wildman–Crippen MR) is 85.0 cm³/mol. The zero-order valence-electron chi connectivity index (χ0n) is 10.4. The summed E-state index contributed by atoms with van der Waals surface area (Å²) in [6.07, 6.45) is 0. The van der Waals surface area contributed by atoms with E-state index in [1.54, 1.807) is 13.8 Å². The summed E-state index contributed by atoms with van der Waals surface area (Å²) in [4.78, 5) is 0.277. The third-order valence-electron chi connectivity index (χ3n) is 2.39. The third kappa shape index (κ3) is 4.13. The van der Waals surface area contributed by atoms with Crippen LogP contribution in [0.1, 0.15) is 13.8 Å². The van der Waals surface area contributed by atoms with Crippen LogP contribution in [0, 0.1) is 0 Å². The Morgan fingerprint density at radius 3 is 2.53 bits per heavy atom. The van der Waals surface area contributed by atoms with E-state index in [1.807, 2.05) is 0 Å². The first-order valence-electron chi connectivity index (χ1n) is 5.41. The Balaban J connectivity index is 3.26. The molecule has 0 saturated heterocycles. The molecule has 0 aliphatic carbocycles. The molecule has 106 valence electrons. The van der Waals surface area contributed by atoms with Gasteiger partial charge in [-0.15, -0.1) is 0 Å². The quantitative estimate of drug-likeness (QED) is 0.792. The summed E-state index contributed by atoms with van der Waals surface area (Å²) < 4.78 is 26.8. The van der Waals surface area contributed by atoms with Gasteiger partial charge >= 0.3 is 0 Å². The molecule has 0 fully saturated rings. The van der Waals surface area contributed by atoms with Crippen LogP contribution >= 0.6 is 39.7 Å². The molecule has 1 rings (SSSR count). The molecule has 0 aromatic heterocycles. The van der Waals surface area contributed by atoms with Gasteiger partial charge in [-0.1, -0.05) is 23.8 Å². The van der Waals surface area contributed by atoms with E-state index in [0.717, 1.165) is 0 Å². The van der Waals surface area contributed by atoms with E-state index >= 15 is 0 Å². The molecule has 0 atom stereocenters. The van der Waals surface area contributed by atoms with E-state index in [0.29, 0.717) is 9.50 Å². The van der Waals surface area contributed by atoms with E-state index in [9.17, 15) is 8.42 Å². The average molecular weight is 386 g/mol. The van der Waals surface area contributed by atoms with Crippen LogP contribution in [0.5, 0.6) is 0 Å². The van der Waals surface area contributed by atoms with Crippen LogP contribution in [-0.2, 0) is 10.0 Å². The maximum absolute atomic E-state index is 12.5. The number of hydrogen-bond acceptors (Lipinski definition) is 3. The van der Waals surface area contributed by atoms with Crippen LogP contribution in [-0.4, -0.2) is 30.3 Å². The summed E-state index contributed by atoms with van der Waals surface area (Å²) in [5, 5.41) is 0.449. The highest BCUT2D eigenvalue weighted by atomic mass is 79.9. The van der Waals surface area contributed by atoms with Crippen LogP contribution in [0.3, 0.4) is 0 Å². The van der Waals surface area contributed by atoms with Gasteiger partial charge in [-0.3, -0.25) is 0 Å². The van der Waals surface area contributed by atoms with Crippen molar-refractivity contribution in [3.63, 3.8) is 0 Å². The smallest absolute Gasteiger partial charge is 0.243 e. The minimum Gasteiger partial charge on any atom is -0.392 e. The molecule has 0 unspecified atom stereocenters. The summed E-state index contributed by atoms with van der Waals surface area (Å²) >= 11 is 13.9. The lowest BCUT2D eigenvalue weighted by Crippen LogP contribution is -2.42. The lowest BCUT2D eigenvalue weighted by Gasteiger charge is -2.25. The molecule has 0 spiro atoms. The van der Waals surface area contributed by atoms with Crippen molar-refractivity contribution in [2.24, 2.45) is 5.73 Å². The zero-order chi connectivity index (χ0) is 14.8. The third-order valence-corrected chi connectivity index (χ3v) is 5.75. The molecule has 1 aromatic carbocycles. The molecule has 0 bridgehead atoms. The van der Waals surface area contributed by atoms with Crippen LogP contribution < -0.4 is 5.73 Å². The van der Waals surface area contributed by atoms with Crippen LogP contribution in [0.4, 0.5) is 0 Å². The highest BCUT2D eigenvalue weighted by Gasteiger charge is 2.27. The number of nitrogens with zero attached hydrogens (tertiary/aromatic N) is 1. The van der Waals surface area contributed by atoms with Gasteiger partial charge in [0.05, 0.1) is 21.5 Å². The van der Waals surface area contributed by atoms with Gasteiger partial charge in [0.2, 0.25) is 10.0 Å². The van der Waals surface area contributed by atoms with E-state index in [-0.39, 0.29) is 22.5 Å². The molecule has 0 aliphatic rings. The fourth-order valence-corrected chi connectivity index (χ4v) is 3.98. The summed E-state index contributed by atoms with van der Waals surface area (Å²) in [5.74, 6) is 0. The fraction of sp³-hybridized carbons (Fsp3) is 0.364. The summed E-state index contributed by atoms with van der Waals surface area (Å²) in [6.45, 7) is 3.54. The lowest BCUT2D eigenvalue weighted by molar-refractivity contribution is 0.391. The molecule has 4 nitrogen and oxygen atoms in total. The van der Waals surface area contributed by atoms with Gasteiger partial charge in [-0.2, -0.15) is 4.31 Å². The molecule has 2 N–H and O–H groups in total. The van der Waals surface area contributed by atoms with Gasteiger partial charge < -0.3 is 5.73 Å². The molecular formula is C11H14BrClN2O2S2. The molecule has 19 heavy (non-hydrogen) atoms. The van der Waals surface area contributed by atoms with Crippen LogP contribution in [0.2, 0.25) is 5.02 Å². The van der Waals surface area contributed by atoms with Gasteiger partial charge in [-0.25, -0.2) is 8.42 Å². The molecular weight excluding hydrogens is 372 g/mol. The Kier molecular flexibility index (Phi) is 5.76. The number of halogens is 2. The van der Waals surface area contributed by atoms with Crippen molar-refractivity contribution in [2.45, 2.75) is 24.8 Å². The van der Waals surface area contributed by atoms with Crippen molar-refractivity contribution < 1.29 is 8.42 Å². The fourth-order valence-electron chi connectivity index (χ4n) is 1.47. The Bertz CT molecular complexity index is 590. The van der Waals surface area contributed by atoms with Crippen LogP contribution in [0.25, 0.3) is 0 Å². The maximum Gasteiger partial charge on any atom is 0.243 e. The maximum atomic E-state index is 12.5. The number of benzene rings is 1. The van der Waals surface area contributed by atoms with Crippen LogP contribution in [0.15, 0.2) is 27.6 Å². The SMILES string of the molecule is CC(C)N(CC(N)=S)S(=O)(=O)c1ccc(Cl)c(Br)c1. The molecule has 0 radical (unpaired) electrons. The highest BCUT2D eigenvalue weighted by Crippen LogP contribution is 2.27. The molecule has 0 aliphatic heterocycles. The van der Waals surface area contributed by atoms with Crippen molar-refractivity contribution in [1.82, 2.24) is 4.31 Å². The normalized spacial score (nSPS) is 12.1. The molecule has 0 saturated carbocycles. The van der Waals surface area contributed by atoms with E-state index in [2.05, 4.69) is 15.9 Å². The summed E-state index contributed by atoms with van der Waals surface area (Å²) in [5.41, 5.74) is 5.45. The topological polar surface area (TPSA) is 63.4 Å². The van der Waals surface area contributed by atoms with Crippen molar-refractivity contribution in [3.8, 4) is 0 Å². The first kappa shape index (κ1) is 16.8. The number of sulfonamides is 1. The second kappa shape index (κ2) is 6.49. The Morgan fingerprint density at radius 2 is 2.11 bits per heavy atom. The van der Waals surface area contributed by atoms with Crippen molar-refractivity contribution in [2.75, 3.05) is 6.54 Å². The monoisotopic (exact) mass is 384 g/mol.